The van der Waals surface area contributed by atoms with Crippen LogP contribution in [0, 0.1) is 0 Å². The SMILES string of the molecule is CC1(n2c(C3CCCC3)nc3c2CCNC3)CCCCC1. The Morgan fingerprint density at radius 1 is 1.10 bits per heavy atom. The van der Waals surface area contributed by atoms with Crippen LogP contribution in [0.2, 0.25) is 0 Å². The van der Waals surface area contributed by atoms with E-state index in [1.165, 1.54) is 75.7 Å². The highest BCUT2D eigenvalue weighted by Crippen LogP contribution is 2.42. The summed E-state index contributed by atoms with van der Waals surface area (Å²) in [6, 6.07) is 0. The second kappa shape index (κ2) is 5.42. The predicted octanol–water partition coefficient (Wildman–Crippen LogP) is 3.87. The van der Waals surface area contributed by atoms with Crippen molar-refractivity contribution < 1.29 is 0 Å². The van der Waals surface area contributed by atoms with Crippen LogP contribution in [0.15, 0.2) is 0 Å². The van der Waals surface area contributed by atoms with Crippen molar-refractivity contribution in [2.24, 2.45) is 0 Å². The summed E-state index contributed by atoms with van der Waals surface area (Å²) >= 11 is 0. The van der Waals surface area contributed by atoms with Crippen LogP contribution in [0.5, 0.6) is 0 Å². The molecule has 3 heteroatoms. The Hall–Kier alpha value is -0.830. The number of imidazole rings is 1. The number of hydrogen-bond donors (Lipinski definition) is 1. The molecule has 1 N–H and O–H groups in total. The molecule has 0 saturated heterocycles. The van der Waals surface area contributed by atoms with Crippen molar-refractivity contribution >= 4 is 0 Å². The van der Waals surface area contributed by atoms with Crippen LogP contribution in [0.4, 0.5) is 0 Å². The molecular formula is C18H29N3. The van der Waals surface area contributed by atoms with Crippen LogP contribution in [0.3, 0.4) is 0 Å². The van der Waals surface area contributed by atoms with E-state index in [-0.39, 0.29) is 0 Å². The van der Waals surface area contributed by atoms with Crippen LogP contribution in [-0.4, -0.2) is 16.1 Å². The molecule has 1 aromatic rings. The zero-order valence-electron chi connectivity index (χ0n) is 13.5. The Morgan fingerprint density at radius 2 is 1.86 bits per heavy atom. The normalized spacial score (nSPS) is 26.0. The van der Waals surface area contributed by atoms with Crippen molar-refractivity contribution in [2.75, 3.05) is 6.54 Å². The van der Waals surface area contributed by atoms with E-state index < -0.39 is 0 Å². The van der Waals surface area contributed by atoms with E-state index in [9.17, 15) is 0 Å². The molecule has 0 amide bonds. The summed E-state index contributed by atoms with van der Waals surface area (Å²) in [6.45, 7) is 4.62. The molecular weight excluding hydrogens is 258 g/mol. The molecule has 21 heavy (non-hydrogen) atoms. The molecule has 3 aliphatic rings. The van der Waals surface area contributed by atoms with E-state index in [2.05, 4.69) is 16.8 Å². The first-order valence-electron chi connectivity index (χ1n) is 9.09. The second-order valence-electron chi connectivity index (χ2n) is 7.66. The first-order chi connectivity index (χ1) is 10.3. The van der Waals surface area contributed by atoms with E-state index in [0.29, 0.717) is 5.54 Å². The molecule has 2 aliphatic carbocycles. The lowest BCUT2D eigenvalue weighted by Gasteiger charge is -2.39. The Balaban J connectivity index is 1.80. The number of nitrogens with one attached hydrogen (secondary N) is 1. The van der Waals surface area contributed by atoms with Crippen LogP contribution in [0.25, 0.3) is 0 Å². The van der Waals surface area contributed by atoms with Crippen LogP contribution in [0.1, 0.15) is 87.8 Å². The quantitative estimate of drug-likeness (QED) is 0.895. The average molecular weight is 287 g/mol. The molecule has 0 aromatic carbocycles. The maximum Gasteiger partial charge on any atom is 0.112 e. The fourth-order valence-corrected chi connectivity index (χ4v) is 4.93. The van der Waals surface area contributed by atoms with Crippen molar-refractivity contribution in [3.8, 4) is 0 Å². The second-order valence-corrected chi connectivity index (χ2v) is 7.66. The minimum atomic E-state index is 0.341. The molecule has 0 spiro atoms. The smallest absolute Gasteiger partial charge is 0.112 e. The van der Waals surface area contributed by atoms with Gasteiger partial charge in [0.25, 0.3) is 0 Å². The van der Waals surface area contributed by atoms with Gasteiger partial charge in [-0.25, -0.2) is 4.98 Å². The molecule has 1 aromatic heterocycles. The van der Waals surface area contributed by atoms with Crippen LogP contribution < -0.4 is 5.32 Å². The van der Waals surface area contributed by atoms with Crippen molar-refractivity contribution in [3.05, 3.63) is 17.2 Å². The van der Waals surface area contributed by atoms with Gasteiger partial charge in [0.05, 0.1) is 5.69 Å². The summed E-state index contributed by atoms with van der Waals surface area (Å²) in [5, 5.41) is 3.51. The molecule has 4 rings (SSSR count). The van der Waals surface area contributed by atoms with E-state index in [1.807, 2.05) is 0 Å². The van der Waals surface area contributed by atoms with Gasteiger partial charge in [-0.2, -0.15) is 0 Å². The standard InChI is InChI=1S/C18H29N3/c1-18(10-5-2-6-11-18)21-16-9-12-19-13-15(16)20-17(21)14-7-3-4-8-14/h14,19H,2-13H2,1H3. The van der Waals surface area contributed by atoms with Crippen molar-refractivity contribution in [1.82, 2.24) is 14.9 Å². The van der Waals surface area contributed by atoms with Gasteiger partial charge in [-0.15, -0.1) is 0 Å². The summed E-state index contributed by atoms with van der Waals surface area (Å²) in [5.41, 5.74) is 3.27. The monoisotopic (exact) mass is 287 g/mol. The largest absolute Gasteiger partial charge is 0.326 e. The summed E-state index contributed by atoms with van der Waals surface area (Å²) in [7, 11) is 0. The van der Waals surface area contributed by atoms with Crippen molar-refractivity contribution in [1.29, 1.82) is 0 Å². The highest BCUT2D eigenvalue weighted by molar-refractivity contribution is 5.25. The lowest BCUT2D eigenvalue weighted by atomic mass is 9.82. The molecule has 116 valence electrons. The van der Waals surface area contributed by atoms with Gasteiger partial charge < -0.3 is 9.88 Å². The Labute approximate surface area is 128 Å². The highest BCUT2D eigenvalue weighted by atomic mass is 15.2. The van der Waals surface area contributed by atoms with E-state index in [0.717, 1.165) is 19.0 Å². The lowest BCUT2D eigenvalue weighted by Crippen LogP contribution is -2.37. The first-order valence-corrected chi connectivity index (χ1v) is 9.09. The molecule has 3 nitrogen and oxygen atoms in total. The molecule has 0 bridgehead atoms. The summed E-state index contributed by atoms with van der Waals surface area (Å²) in [5.74, 6) is 2.18. The highest BCUT2D eigenvalue weighted by Gasteiger charge is 2.37. The first kappa shape index (κ1) is 13.8. The Morgan fingerprint density at radius 3 is 2.62 bits per heavy atom. The summed E-state index contributed by atoms with van der Waals surface area (Å²) < 4.78 is 2.75. The van der Waals surface area contributed by atoms with Crippen LogP contribution >= 0.6 is 0 Å². The minimum Gasteiger partial charge on any atom is -0.326 e. The molecule has 2 fully saturated rings. The fourth-order valence-electron chi connectivity index (χ4n) is 4.93. The molecule has 0 unspecified atom stereocenters. The number of nitrogens with zero attached hydrogens (tertiary/aromatic N) is 2. The third-order valence-corrected chi connectivity index (χ3v) is 6.10. The topological polar surface area (TPSA) is 29.9 Å². The maximum atomic E-state index is 5.15. The van der Waals surface area contributed by atoms with Gasteiger partial charge in [0, 0.05) is 36.7 Å². The van der Waals surface area contributed by atoms with Crippen molar-refractivity contribution in [3.63, 3.8) is 0 Å². The Kier molecular flexibility index (Phi) is 3.56. The number of fused-ring (bicyclic) bond motifs is 1. The maximum absolute atomic E-state index is 5.15. The van der Waals surface area contributed by atoms with Gasteiger partial charge >= 0.3 is 0 Å². The molecule has 2 saturated carbocycles. The third-order valence-electron chi connectivity index (χ3n) is 6.10. The summed E-state index contributed by atoms with van der Waals surface area (Å²) in [6.07, 6.45) is 13.6. The van der Waals surface area contributed by atoms with E-state index in [4.69, 9.17) is 4.98 Å². The van der Waals surface area contributed by atoms with E-state index in [1.54, 1.807) is 5.69 Å². The van der Waals surface area contributed by atoms with E-state index >= 15 is 0 Å². The summed E-state index contributed by atoms with van der Waals surface area (Å²) in [4.78, 5) is 5.15. The third kappa shape index (κ3) is 2.34. The molecule has 1 aliphatic heterocycles. The van der Waals surface area contributed by atoms with Gasteiger partial charge in [0.15, 0.2) is 0 Å². The number of hydrogen-bond acceptors (Lipinski definition) is 2. The van der Waals surface area contributed by atoms with Gasteiger partial charge in [-0.3, -0.25) is 0 Å². The fraction of sp³-hybridized carbons (Fsp3) is 0.833. The zero-order valence-corrected chi connectivity index (χ0v) is 13.5. The molecule has 0 atom stereocenters. The average Bonchev–Trinajstić information content (AvgIpc) is 3.15. The lowest BCUT2D eigenvalue weighted by molar-refractivity contribution is 0.204. The van der Waals surface area contributed by atoms with Gasteiger partial charge in [-0.05, 0) is 32.6 Å². The zero-order chi connectivity index (χ0) is 14.3. The molecule has 2 heterocycles. The van der Waals surface area contributed by atoms with Gasteiger partial charge in [0.2, 0.25) is 0 Å². The predicted molar refractivity (Wildman–Crippen MR) is 85.6 cm³/mol. The van der Waals surface area contributed by atoms with Gasteiger partial charge in [0.1, 0.15) is 5.82 Å². The molecule has 0 radical (unpaired) electrons. The van der Waals surface area contributed by atoms with Crippen LogP contribution in [-0.2, 0) is 18.5 Å². The van der Waals surface area contributed by atoms with Gasteiger partial charge in [-0.1, -0.05) is 32.1 Å². The Bertz CT molecular complexity index is 505. The number of aromatic nitrogens is 2. The van der Waals surface area contributed by atoms with Crippen molar-refractivity contribution in [2.45, 2.75) is 89.1 Å². The minimum absolute atomic E-state index is 0.341. The number of rotatable bonds is 2.